The van der Waals surface area contributed by atoms with E-state index in [1.54, 1.807) is 11.1 Å². The third-order valence-electron chi connectivity index (χ3n) is 4.37. The molecule has 0 fully saturated rings. The molecule has 0 saturated carbocycles. The number of hydrogen-bond donors (Lipinski definition) is 0. The second-order valence-corrected chi connectivity index (χ2v) is 5.80. The summed E-state index contributed by atoms with van der Waals surface area (Å²) < 4.78 is 0. The van der Waals surface area contributed by atoms with E-state index in [4.69, 9.17) is 0 Å². The summed E-state index contributed by atoms with van der Waals surface area (Å²) in [6.07, 6.45) is 9.71. The van der Waals surface area contributed by atoms with Crippen molar-refractivity contribution in [1.29, 1.82) is 0 Å². The minimum atomic E-state index is 1.14. The molecule has 1 heteroatoms. The van der Waals surface area contributed by atoms with Gasteiger partial charge in [0.1, 0.15) is 0 Å². The smallest absolute Gasteiger partial charge is 0.0165 e. The topological polar surface area (TPSA) is 3.24 Å². The van der Waals surface area contributed by atoms with Crippen LogP contribution in [0.4, 0.5) is 0 Å². The Labute approximate surface area is 116 Å². The maximum Gasteiger partial charge on any atom is 0.0165 e. The first-order valence-electron chi connectivity index (χ1n) is 7.48. The van der Waals surface area contributed by atoms with Crippen LogP contribution in [0.3, 0.4) is 0 Å². The van der Waals surface area contributed by atoms with Gasteiger partial charge in [0.2, 0.25) is 0 Å². The molecule has 0 N–H and O–H groups in total. The van der Waals surface area contributed by atoms with Crippen LogP contribution < -0.4 is 0 Å². The fraction of sp³-hybridized carbons (Fsp3) is 0.444. The summed E-state index contributed by atoms with van der Waals surface area (Å²) in [5.74, 6) is 0. The van der Waals surface area contributed by atoms with Gasteiger partial charge in [0.25, 0.3) is 0 Å². The third kappa shape index (κ3) is 2.98. The highest BCUT2D eigenvalue weighted by Gasteiger charge is 2.14. The van der Waals surface area contributed by atoms with Gasteiger partial charge < -0.3 is 0 Å². The van der Waals surface area contributed by atoms with Crippen molar-refractivity contribution in [2.75, 3.05) is 19.6 Å². The first-order valence-corrected chi connectivity index (χ1v) is 7.48. The number of fused-ring (bicyclic) bond motifs is 1. The van der Waals surface area contributed by atoms with Crippen molar-refractivity contribution in [3.05, 3.63) is 53.1 Å². The quantitative estimate of drug-likeness (QED) is 0.731. The Hall–Kier alpha value is -1.34. The van der Waals surface area contributed by atoms with Crippen LogP contribution >= 0.6 is 0 Å². The SMILES string of the molecule is CC1=CCN(CCCC2=CCc3ccccc32)CC1. The predicted octanol–water partition coefficient (Wildman–Crippen LogP) is 4.06. The molecule has 0 amide bonds. The average Bonchev–Trinajstić information content (AvgIpc) is 2.85. The highest BCUT2D eigenvalue weighted by atomic mass is 15.1. The Balaban J connectivity index is 1.49. The van der Waals surface area contributed by atoms with Crippen LogP contribution in [0.5, 0.6) is 0 Å². The van der Waals surface area contributed by atoms with Gasteiger partial charge in [-0.25, -0.2) is 0 Å². The molecule has 2 aliphatic rings. The van der Waals surface area contributed by atoms with E-state index in [0.29, 0.717) is 0 Å². The Kier molecular flexibility index (Phi) is 3.84. The van der Waals surface area contributed by atoms with E-state index in [-0.39, 0.29) is 0 Å². The van der Waals surface area contributed by atoms with Crippen LogP contribution in [0.25, 0.3) is 5.57 Å². The molecule has 1 aromatic carbocycles. The summed E-state index contributed by atoms with van der Waals surface area (Å²) in [6.45, 7) is 5.89. The molecule has 1 heterocycles. The normalized spacial score (nSPS) is 19.0. The fourth-order valence-corrected chi connectivity index (χ4v) is 3.10. The molecule has 1 aromatic rings. The van der Waals surface area contributed by atoms with Crippen LogP contribution in [-0.4, -0.2) is 24.5 Å². The first kappa shape index (κ1) is 12.7. The Morgan fingerprint density at radius 3 is 2.89 bits per heavy atom. The van der Waals surface area contributed by atoms with Gasteiger partial charge in [-0.1, -0.05) is 42.0 Å². The van der Waals surface area contributed by atoms with Crippen molar-refractivity contribution >= 4 is 5.57 Å². The van der Waals surface area contributed by atoms with E-state index in [0.717, 1.165) is 13.0 Å². The Morgan fingerprint density at radius 2 is 2.05 bits per heavy atom. The van der Waals surface area contributed by atoms with Crippen molar-refractivity contribution < 1.29 is 0 Å². The second kappa shape index (κ2) is 5.75. The molecule has 1 aliphatic carbocycles. The molecule has 0 spiro atoms. The second-order valence-electron chi connectivity index (χ2n) is 5.80. The third-order valence-corrected chi connectivity index (χ3v) is 4.37. The molecular formula is C18H23N. The molecule has 0 unspecified atom stereocenters. The zero-order valence-corrected chi connectivity index (χ0v) is 11.9. The van der Waals surface area contributed by atoms with Gasteiger partial charge in [-0.2, -0.15) is 0 Å². The number of nitrogens with zero attached hydrogens (tertiary/aromatic N) is 1. The van der Waals surface area contributed by atoms with Crippen LogP contribution in [0.15, 0.2) is 42.0 Å². The lowest BCUT2D eigenvalue weighted by molar-refractivity contribution is 0.291. The van der Waals surface area contributed by atoms with Crippen molar-refractivity contribution in [3.63, 3.8) is 0 Å². The summed E-state index contributed by atoms with van der Waals surface area (Å²) in [5.41, 5.74) is 6.13. The highest BCUT2D eigenvalue weighted by molar-refractivity contribution is 5.72. The predicted molar refractivity (Wildman–Crippen MR) is 82.2 cm³/mol. The van der Waals surface area contributed by atoms with E-state index in [9.17, 15) is 0 Å². The Bertz CT molecular complexity index is 510. The zero-order valence-electron chi connectivity index (χ0n) is 11.9. The average molecular weight is 253 g/mol. The van der Waals surface area contributed by atoms with Crippen LogP contribution in [0.1, 0.15) is 37.3 Å². The molecule has 0 bridgehead atoms. The van der Waals surface area contributed by atoms with Gasteiger partial charge in [-0.3, -0.25) is 4.90 Å². The molecule has 1 aliphatic heterocycles. The number of benzene rings is 1. The van der Waals surface area contributed by atoms with Crippen LogP contribution in [-0.2, 0) is 6.42 Å². The van der Waals surface area contributed by atoms with Crippen molar-refractivity contribution in [2.24, 2.45) is 0 Å². The largest absolute Gasteiger partial charge is 0.299 e. The fourth-order valence-electron chi connectivity index (χ4n) is 3.10. The molecule has 19 heavy (non-hydrogen) atoms. The van der Waals surface area contributed by atoms with E-state index >= 15 is 0 Å². The molecule has 3 rings (SSSR count). The molecule has 0 saturated heterocycles. The van der Waals surface area contributed by atoms with Gasteiger partial charge in [0.05, 0.1) is 0 Å². The number of hydrogen-bond acceptors (Lipinski definition) is 1. The Morgan fingerprint density at radius 1 is 1.16 bits per heavy atom. The van der Waals surface area contributed by atoms with E-state index in [1.165, 1.54) is 43.5 Å². The van der Waals surface area contributed by atoms with Gasteiger partial charge in [-0.15, -0.1) is 0 Å². The van der Waals surface area contributed by atoms with E-state index in [1.807, 2.05) is 0 Å². The summed E-state index contributed by atoms with van der Waals surface area (Å²) in [7, 11) is 0. The molecule has 0 aromatic heterocycles. The minimum Gasteiger partial charge on any atom is -0.299 e. The standard InChI is InChI=1S/C18H23N/c1-15-10-13-19(14-11-15)12-4-6-17-9-8-16-5-2-3-7-18(16)17/h2-3,5,7,9-10H,4,6,8,11-14H2,1H3. The monoisotopic (exact) mass is 253 g/mol. The summed E-state index contributed by atoms with van der Waals surface area (Å²) in [6, 6.07) is 8.85. The molecular weight excluding hydrogens is 230 g/mol. The number of rotatable bonds is 4. The van der Waals surface area contributed by atoms with Crippen LogP contribution in [0, 0.1) is 0 Å². The number of allylic oxidation sites excluding steroid dienone is 2. The molecule has 0 radical (unpaired) electrons. The lowest BCUT2D eigenvalue weighted by Crippen LogP contribution is -2.29. The molecule has 100 valence electrons. The maximum atomic E-state index is 2.58. The van der Waals surface area contributed by atoms with Crippen molar-refractivity contribution in [1.82, 2.24) is 4.90 Å². The molecule has 1 nitrogen and oxygen atoms in total. The van der Waals surface area contributed by atoms with Gasteiger partial charge in [0, 0.05) is 13.1 Å². The van der Waals surface area contributed by atoms with Crippen molar-refractivity contribution in [2.45, 2.75) is 32.6 Å². The summed E-state index contributed by atoms with van der Waals surface area (Å²) >= 11 is 0. The van der Waals surface area contributed by atoms with E-state index < -0.39 is 0 Å². The lowest BCUT2D eigenvalue weighted by Gasteiger charge is -2.25. The summed E-state index contributed by atoms with van der Waals surface area (Å²) in [4.78, 5) is 2.58. The molecule has 0 atom stereocenters. The van der Waals surface area contributed by atoms with Gasteiger partial charge >= 0.3 is 0 Å². The highest BCUT2D eigenvalue weighted by Crippen LogP contribution is 2.30. The summed E-state index contributed by atoms with van der Waals surface area (Å²) in [5, 5.41) is 0. The first-order chi connectivity index (χ1) is 9.33. The van der Waals surface area contributed by atoms with E-state index in [2.05, 4.69) is 48.2 Å². The maximum absolute atomic E-state index is 2.58. The minimum absolute atomic E-state index is 1.14. The van der Waals surface area contributed by atoms with Crippen molar-refractivity contribution in [3.8, 4) is 0 Å². The van der Waals surface area contributed by atoms with Gasteiger partial charge in [0.15, 0.2) is 0 Å². The van der Waals surface area contributed by atoms with Crippen LogP contribution in [0.2, 0.25) is 0 Å². The van der Waals surface area contributed by atoms with Gasteiger partial charge in [-0.05, 0) is 55.9 Å². The lowest BCUT2D eigenvalue weighted by atomic mass is 10.0. The zero-order chi connectivity index (χ0) is 13.1.